The summed E-state index contributed by atoms with van der Waals surface area (Å²) in [5.41, 5.74) is 8.62. The Morgan fingerprint density at radius 2 is 1.14 bits per heavy atom. The molecule has 7 aromatic rings. The summed E-state index contributed by atoms with van der Waals surface area (Å²) in [5, 5.41) is 7.31. The molecule has 0 radical (unpaired) electrons. The topological polar surface area (TPSA) is 78.9 Å². The highest BCUT2D eigenvalue weighted by Gasteiger charge is 2.44. The largest absolute Gasteiger partial charge is 0.463 e. The van der Waals surface area contributed by atoms with Crippen LogP contribution in [0.4, 0.5) is 0 Å². The van der Waals surface area contributed by atoms with Crippen molar-refractivity contribution in [1.82, 2.24) is 0 Å². The molecule has 0 heterocycles. The maximum Gasteiger partial charge on any atom is 0.335 e. The first kappa shape index (κ1) is 38.1. The Hall–Kier alpha value is -6.79. The number of benzene rings is 7. The zero-order valence-electron chi connectivity index (χ0n) is 33.0. The van der Waals surface area contributed by atoms with Crippen molar-refractivity contribution in [2.45, 2.75) is 44.4 Å². The summed E-state index contributed by atoms with van der Waals surface area (Å²) in [5.74, 6) is -1.13. The Morgan fingerprint density at radius 3 is 1.79 bits per heavy atom. The lowest BCUT2D eigenvalue weighted by Gasteiger charge is -2.32. The molecule has 0 aliphatic heterocycles. The van der Waals surface area contributed by atoms with Crippen molar-refractivity contribution in [3.63, 3.8) is 0 Å². The zero-order chi connectivity index (χ0) is 40.8. The fourth-order valence-corrected chi connectivity index (χ4v) is 8.58. The van der Waals surface area contributed by atoms with Crippen molar-refractivity contribution in [1.29, 1.82) is 0 Å². The van der Waals surface area contributed by atoms with Crippen LogP contribution in [0.2, 0.25) is 0 Å². The zero-order valence-corrected chi connectivity index (χ0v) is 33.0. The summed E-state index contributed by atoms with van der Waals surface area (Å²) < 4.78 is 16.8. The minimum absolute atomic E-state index is 0.0186. The molecule has 0 N–H and O–H groups in total. The van der Waals surface area contributed by atoms with Crippen LogP contribution >= 0.6 is 0 Å². The predicted octanol–water partition coefficient (Wildman–Crippen LogP) is 11.8. The Balaban J connectivity index is 1.29. The van der Waals surface area contributed by atoms with Crippen molar-refractivity contribution in [3.8, 4) is 39.1 Å². The molecule has 8 rings (SSSR count). The fourth-order valence-electron chi connectivity index (χ4n) is 8.58. The molecule has 6 nitrogen and oxygen atoms in total. The fraction of sp³-hybridized carbons (Fsp3) is 0.173. The number of hydrogen-bond donors (Lipinski definition) is 0. The van der Waals surface area contributed by atoms with Gasteiger partial charge < -0.3 is 14.2 Å². The Morgan fingerprint density at radius 1 is 0.586 bits per heavy atom. The maximum atomic E-state index is 12.8. The molecule has 0 saturated heterocycles. The van der Waals surface area contributed by atoms with E-state index in [0.29, 0.717) is 18.6 Å². The SMILES string of the molecule is C=CC(=O)OCCCC1(COC(=O)C=C)c2cc(-c3ccc(OC(=O)C=C)cc3)ccc2-c2ccc(-c3ccc4ccc5cc(C(C)(C)C)cc6ccc3c4c56)cc21. The lowest BCUT2D eigenvalue weighted by molar-refractivity contribution is -0.139. The van der Waals surface area contributed by atoms with Gasteiger partial charge in [0.25, 0.3) is 0 Å². The molecule has 0 spiro atoms. The van der Waals surface area contributed by atoms with E-state index in [1.54, 1.807) is 12.1 Å². The molecule has 288 valence electrons. The first-order valence-corrected chi connectivity index (χ1v) is 19.5. The average Bonchev–Trinajstić information content (AvgIpc) is 3.50. The molecule has 0 bridgehead atoms. The average molecular weight is 765 g/mol. The van der Waals surface area contributed by atoms with Crippen molar-refractivity contribution in [2.75, 3.05) is 13.2 Å². The van der Waals surface area contributed by atoms with Gasteiger partial charge >= 0.3 is 17.9 Å². The first-order valence-electron chi connectivity index (χ1n) is 19.5. The molecule has 1 aliphatic rings. The number of ether oxygens (including phenoxy) is 3. The molecule has 0 amide bonds. The number of fused-ring (bicyclic) bond motifs is 3. The highest BCUT2D eigenvalue weighted by molar-refractivity contribution is 6.25. The van der Waals surface area contributed by atoms with Crippen LogP contribution < -0.4 is 4.74 Å². The number of rotatable bonds is 12. The van der Waals surface area contributed by atoms with Crippen LogP contribution in [0.1, 0.15) is 50.3 Å². The van der Waals surface area contributed by atoms with E-state index >= 15 is 0 Å². The van der Waals surface area contributed by atoms with Gasteiger partial charge in [0.1, 0.15) is 12.4 Å². The van der Waals surface area contributed by atoms with E-state index in [-0.39, 0.29) is 18.6 Å². The van der Waals surface area contributed by atoms with Gasteiger partial charge in [-0.2, -0.15) is 0 Å². The summed E-state index contributed by atoms with van der Waals surface area (Å²) in [7, 11) is 0. The van der Waals surface area contributed by atoms with Crippen LogP contribution in [0.25, 0.3) is 65.7 Å². The van der Waals surface area contributed by atoms with E-state index in [9.17, 15) is 14.4 Å². The molecule has 1 atom stereocenters. The van der Waals surface area contributed by atoms with Gasteiger partial charge in [-0.05, 0) is 125 Å². The van der Waals surface area contributed by atoms with Crippen molar-refractivity contribution in [3.05, 3.63) is 164 Å². The minimum Gasteiger partial charge on any atom is -0.463 e. The van der Waals surface area contributed by atoms with E-state index in [2.05, 4.69) is 125 Å². The van der Waals surface area contributed by atoms with Crippen LogP contribution in [0.3, 0.4) is 0 Å². The highest BCUT2D eigenvalue weighted by Crippen LogP contribution is 2.54. The Kier molecular flexibility index (Phi) is 9.82. The van der Waals surface area contributed by atoms with E-state index in [4.69, 9.17) is 14.2 Å². The highest BCUT2D eigenvalue weighted by atomic mass is 16.5. The van der Waals surface area contributed by atoms with Crippen molar-refractivity contribution >= 4 is 50.2 Å². The van der Waals surface area contributed by atoms with Gasteiger partial charge in [0, 0.05) is 18.2 Å². The molecule has 58 heavy (non-hydrogen) atoms. The van der Waals surface area contributed by atoms with Crippen molar-refractivity contribution < 1.29 is 28.6 Å². The summed E-state index contributed by atoms with van der Waals surface area (Å²) in [4.78, 5) is 36.7. The van der Waals surface area contributed by atoms with Crippen LogP contribution in [-0.4, -0.2) is 31.1 Å². The van der Waals surface area contributed by atoms with Gasteiger partial charge in [0.05, 0.1) is 12.0 Å². The summed E-state index contributed by atoms with van der Waals surface area (Å²) in [6.07, 6.45) is 4.47. The minimum atomic E-state index is -0.803. The standard InChI is InChI=1S/C52H44O6/c1-7-46(53)56-26-10-25-52(31-57-47(54)8-2)44-29-34(32-13-19-39(20-14-32)58-48(55)9-3)16-22-41(44)42-23-17-35(30-45(42)52)40-21-15-33-11-12-36-27-38(51(4,5)6)28-37-18-24-43(40)50(33)49(36)37/h7-9,11-24,27-30H,1-3,10,25-26,31H2,4-6H3. The second kappa shape index (κ2) is 14.9. The van der Waals surface area contributed by atoms with Crippen molar-refractivity contribution in [2.24, 2.45) is 0 Å². The monoisotopic (exact) mass is 764 g/mol. The van der Waals surface area contributed by atoms with E-state index in [1.165, 1.54) is 44.0 Å². The van der Waals surface area contributed by atoms with Gasteiger partial charge in [0.2, 0.25) is 0 Å². The quantitative estimate of drug-likeness (QED) is 0.0405. The third-order valence-electron chi connectivity index (χ3n) is 11.5. The molecule has 6 heteroatoms. The molecule has 7 aromatic carbocycles. The third kappa shape index (κ3) is 6.75. The van der Waals surface area contributed by atoms with E-state index in [0.717, 1.165) is 56.7 Å². The van der Waals surface area contributed by atoms with Crippen LogP contribution in [0, 0.1) is 0 Å². The number of carbonyl (C=O) groups is 3. The number of carbonyl (C=O) groups excluding carboxylic acids is 3. The van der Waals surface area contributed by atoms with Crippen LogP contribution in [-0.2, 0) is 34.7 Å². The number of esters is 3. The molecule has 1 unspecified atom stereocenters. The molecule has 0 saturated carbocycles. The molecular weight excluding hydrogens is 721 g/mol. The second-order valence-electron chi connectivity index (χ2n) is 16.0. The van der Waals surface area contributed by atoms with Gasteiger partial charge in [0.15, 0.2) is 0 Å². The van der Waals surface area contributed by atoms with Crippen LogP contribution in [0.15, 0.2) is 147 Å². The lowest BCUT2D eigenvalue weighted by atomic mass is 9.74. The van der Waals surface area contributed by atoms with Gasteiger partial charge in [-0.3, -0.25) is 0 Å². The Labute approximate surface area is 338 Å². The lowest BCUT2D eigenvalue weighted by Crippen LogP contribution is -2.33. The summed E-state index contributed by atoms with van der Waals surface area (Å²) >= 11 is 0. The normalized spacial score (nSPS) is 14.5. The first-order chi connectivity index (χ1) is 27.9. The van der Waals surface area contributed by atoms with Gasteiger partial charge in [-0.15, -0.1) is 0 Å². The van der Waals surface area contributed by atoms with Gasteiger partial charge in [-0.25, -0.2) is 14.4 Å². The summed E-state index contributed by atoms with van der Waals surface area (Å²) in [6, 6.07) is 38.3. The Bertz CT molecular complexity index is 2780. The van der Waals surface area contributed by atoms with Crippen LogP contribution in [0.5, 0.6) is 5.75 Å². The molecule has 0 fully saturated rings. The summed E-state index contributed by atoms with van der Waals surface area (Å²) in [6.45, 7) is 17.6. The predicted molar refractivity (Wildman–Crippen MR) is 233 cm³/mol. The maximum absolute atomic E-state index is 12.8. The smallest absolute Gasteiger partial charge is 0.335 e. The van der Waals surface area contributed by atoms with E-state index < -0.39 is 23.3 Å². The number of hydrogen-bond acceptors (Lipinski definition) is 6. The molecule has 1 aliphatic carbocycles. The second-order valence-corrected chi connectivity index (χ2v) is 16.0. The molecular formula is C52H44O6. The third-order valence-corrected chi connectivity index (χ3v) is 11.5. The van der Waals surface area contributed by atoms with Gasteiger partial charge in [-0.1, -0.05) is 125 Å². The van der Waals surface area contributed by atoms with E-state index in [1.807, 2.05) is 12.1 Å². The molecule has 0 aromatic heterocycles.